The topological polar surface area (TPSA) is 72.0 Å². The predicted molar refractivity (Wildman–Crippen MR) is 60.6 cm³/mol. The quantitative estimate of drug-likeness (QED) is 0.611. The van der Waals surface area contributed by atoms with Crippen molar-refractivity contribution >= 4 is 17.4 Å². The molecule has 15 heavy (non-hydrogen) atoms. The van der Waals surface area contributed by atoms with Crippen LogP contribution in [0.5, 0.6) is 5.88 Å². The van der Waals surface area contributed by atoms with Crippen LogP contribution >= 0.6 is 11.6 Å². The summed E-state index contributed by atoms with van der Waals surface area (Å²) in [6, 6.07) is 1.59. The van der Waals surface area contributed by atoms with Crippen molar-refractivity contribution in [2.24, 2.45) is 11.7 Å². The molecule has 0 atom stereocenters. The number of hydrogen-bond donors (Lipinski definition) is 2. The Bertz CT molecular complexity index is 366. The van der Waals surface area contributed by atoms with Crippen molar-refractivity contribution in [1.82, 2.24) is 4.98 Å². The average molecular weight is 228 g/mol. The number of nitrogens with zero attached hydrogens (tertiary/aromatic N) is 1. The standard InChI is InChI=1S/C10H14ClN3O/c1-6(2)5-15-10-8(11)7(9(12)13)3-4-14-10/h3-4,6H,5H2,1-2H3,(H3,12,13). The predicted octanol–water partition coefficient (Wildman–Crippen LogP) is 2.05. The molecule has 0 unspecified atom stereocenters. The maximum Gasteiger partial charge on any atom is 0.233 e. The molecule has 0 saturated carbocycles. The first-order valence-corrected chi connectivity index (χ1v) is 5.02. The molecule has 1 aromatic heterocycles. The van der Waals surface area contributed by atoms with E-state index >= 15 is 0 Å². The van der Waals surface area contributed by atoms with Crippen LogP contribution in [0.15, 0.2) is 12.3 Å². The second-order valence-electron chi connectivity index (χ2n) is 3.60. The van der Waals surface area contributed by atoms with Gasteiger partial charge in [0.1, 0.15) is 10.9 Å². The van der Waals surface area contributed by atoms with Crippen LogP contribution in [-0.4, -0.2) is 17.4 Å². The zero-order valence-electron chi connectivity index (χ0n) is 8.75. The van der Waals surface area contributed by atoms with Crippen molar-refractivity contribution in [3.63, 3.8) is 0 Å². The van der Waals surface area contributed by atoms with E-state index < -0.39 is 0 Å². The average Bonchev–Trinajstić information content (AvgIpc) is 2.15. The molecule has 1 rings (SSSR count). The van der Waals surface area contributed by atoms with Crippen molar-refractivity contribution in [3.8, 4) is 5.88 Å². The fraction of sp³-hybridized carbons (Fsp3) is 0.400. The summed E-state index contributed by atoms with van der Waals surface area (Å²) in [6.07, 6.45) is 1.53. The molecular formula is C10H14ClN3O. The first-order valence-electron chi connectivity index (χ1n) is 4.64. The number of ether oxygens (including phenoxy) is 1. The van der Waals surface area contributed by atoms with E-state index in [1.54, 1.807) is 6.07 Å². The number of nitrogens with one attached hydrogen (secondary N) is 1. The molecule has 0 aliphatic carbocycles. The third-order valence-electron chi connectivity index (χ3n) is 1.70. The summed E-state index contributed by atoms with van der Waals surface area (Å²) in [4.78, 5) is 3.99. The van der Waals surface area contributed by atoms with E-state index in [4.69, 9.17) is 27.5 Å². The Kier molecular flexibility index (Phi) is 3.91. The van der Waals surface area contributed by atoms with Crippen LogP contribution in [0, 0.1) is 11.3 Å². The summed E-state index contributed by atoms with van der Waals surface area (Å²) in [5.41, 5.74) is 5.80. The molecule has 5 heteroatoms. The minimum atomic E-state index is -0.0863. The van der Waals surface area contributed by atoms with E-state index in [2.05, 4.69) is 4.98 Å². The summed E-state index contributed by atoms with van der Waals surface area (Å²) in [5, 5.41) is 7.60. The minimum absolute atomic E-state index is 0.0863. The molecule has 0 aliphatic heterocycles. The van der Waals surface area contributed by atoms with Crippen LogP contribution in [0.3, 0.4) is 0 Å². The molecule has 0 saturated heterocycles. The SMILES string of the molecule is CC(C)COc1nccc(C(=N)N)c1Cl. The number of nitrogen functional groups attached to an aromatic ring is 1. The summed E-state index contributed by atoms with van der Waals surface area (Å²) in [7, 11) is 0. The van der Waals surface area contributed by atoms with E-state index in [1.165, 1.54) is 6.20 Å². The number of amidine groups is 1. The lowest BCUT2D eigenvalue weighted by atomic mass is 10.2. The van der Waals surface area contributed by atoms with E-state index in [0.29, 0.717) is 29.0 Å². The number of aromatic nitrogens is 1. The largest absolute Gasteiger partial charge is 0.476 e. The van der Waals surface area contributed by atoms with Crippen molar-refractivity contribution in [2.45, 2.75) is 13.8 Å². The molecule has 0 aromatic carbocycles. The van der Waals surface area contributed by atoms with Gasteiger partial charge in [0.25, 0.3) is 0 Å². The summed E-state index contributed by atoms with van der Waals surface area (Å²) in [6.45, 7) is 4.60. The Morgan fingerprint density at radius 2 is 2.33 bits per heavy atom. The highest BCUT2D eigenvalue weighted by molar-refractivity contribution is 6.35. The number of halogens is 1. The van der Waals surface area contributed by atoms with Crippen LogP contribution in [0.4, 0.5) is 0 Å². The van der Waals surface area contributed by atoms with Gasteiger partial charge in [-0.15, -0.1) is 0 Å². The van der Waals surface area contributed by atoms with Gasteiger partial charge in [-0.05, 0) is 12.0 Å². The molecule has 3 N–H and O–H groups in total. The molecule has 1 aromatic rings. The van der Waals surface area contributed by atoms with Crippen LogP contribution in [-0.2, 0) is 0 Å². The fourth-order valence-electron chi connectivity index (χ4n) is 0.979. The van der Waals surface area contributed by atoms with Gasteiger partial charge in [-0.2, -0.15) is 0 Å². The molecule has 4 nitrogen and oxygen atoms in total. The smallest absolute Gasteiger partial charge is 0.233 e. The molecule has 0 fully saturated rings. The van der Waals surface area contributed by atoms with E-state index in [9.17, 15) is 0 Å². The van der Waals surface area contributed by atoms with E-state index in [0.717, 1.165) is 0 Å². The highest BCUT2D eigenvalue weighted by Gasteiger charge is 2.11. The summed E-state index contributed by atoms with van der Waals surface area (Å²) >= 11 is 5.98. The molecule has 1 heterocycles. The first-order chi connectivity index (χ1) is 7.02. The third-order valence-corrected chi connectivity index (χ3v) is 2.07. The summed E-state index contributed by atoms with van der Waals surface area (Å²) < 4.78 is 5.39. The highest BCUT2D eigenvalue weighted by Crippen LogP contribution is 2.25. The maximum absolute atomic E-state index is 7.30. The zero-order valence-corrected chi connectivity index (χ0v) is 9.51. The molecule has 0 amide bonds. The van der Waals surface area contributed by atoms with Crippen LogP contribution in [0.1, 0.15) is 19.4 Å². The van der Waals surface area contributed by atoms with Crippen LogP contribution in [0.2, 0.25) is 5.02 Å². The van der Waals surface area contributed by atoms with E-state index in [1.807, 2.05) is 13.8 Å². The maximum atomic E-state index is 7.30. The van der Waals surface area contributed by atoms with Gasteiger partial charge in [0.05, 0.1) is 6.61 Å². The Balaban J connectivity index is 2.89. The number of hydrogen-bond acceptors (Lipinski definition) is 3. The molecule has 0 spiro atoms. The van der Waals surface area contributed by atoms with Crippen molar-refractivity contribution in [2.75, 3.05) is 6.61 Å². The second kappa shape index (κ2) is 4.98. The fourth-order valence-corrected chi connectivity index (χ4v) is 1.25. The molecule has 82 valence electrons. The monoisotopic (exact) mass is 227 g/mol. The highest BCUT2D eigenvalue weighted by atomic mass is 35.5. The first kappa shape index (κ1) is 11.8. The Hall–Kier alpha value is -1.29. The van der Waals surface area contributed by atoms with Gasteiger partial charge < -0.3 is 10.5 Å². The van der Waals surface area contributed by atoms with Crippen molar-refractivity contribution in [1.29, 1.82) is 5.41 Å². The van der Waals surface area contributed by atoms with Gasteiger partial charge in [-0.3, -0.25) is 5.41 Å². The van der Waals surface area contributed by atoms with E-state index in [-0.39, 0.29) is 5.84 Å². The van der Waals surface area contributed by atoms with Gasteiger partial charge in [-0.1, -0.05) is 25.4 Å². The van der Waals surface area contributed by atoms with Gasteiger partial charge in [-0.25, -0.2) is 4.98 Å². The lowest BCUT2D eigenvalue weighted by molar-refractivity contribution is 0.261. The van der Waals surface area contributed by atoms with Crippen molar-refractivity contribution in [3.05, 3.63) is 22.8 Å². The number of nitrogens with two attached hydrogens (primary N) is 1. The van der Waals surface area contributed by atoms with Gasteiger partial charge in [0, 0.05) is 11.8 Å². The molecular weight excluding hydrogens is 214 g/mol. The van der Waals surface area contributed by atoms with Gasteiger partial charge >= 0.3 is 0 Å². The Morgan fingerprint density at radius 3 is 2.87 bits per heavy atom. The normalized spacial score (nSPS) is 10.4. The van der Waals surface area contributed by atoms with Gasteiger partial charge in [0.2, 0.25) is 5.88 Å². The minimum Gasteiger partial charge on any atom is -0.476 e. The summed E-state index contributed by atoms with van der Waals surface area (Å²) in [5.74, 6) is 0.638. The van der Waals surface area contributed by atoms with Gasteiger partial charge in [0.15, 0.2) is 0 Å². The lowest BCUT2D eigenvalue weighted by Crippen LogP contribution is -2.13. The van der Waals surface area contributed by atoms with Crippen LogP contribution in [0.25, 0.3) is 0 Å². The van der Waals surface area contributed by atoms with Crippen molar-refractivity contribution < 1.29 is 4.74 Å². The third kappa shape index (κ3) is 3.09. The lowest BCUT2D eigenvalue weighted by Gasteiger charge is -2.10. The van der Waals surface area contributed by atoms with Crippen LogP contribution < -0.4 is 10.5 Å². The Labute approximate surface area is 93.9 Å². The molecule has 0 radical (unpaired) electrons. The molecule has 0 bridgehead atoms. The number of pyridine rings is 1. The zero-order chi connectivity index (χ0) is 11.4. The number of rotatable bonds is 4. The Morgan fingerprint density at radius 1 is 1.67 bits per heavy atom. The molecule has 0 aliphatic rings. The second-order valence-corrected chi connectivity index (χ2v) is 3.97.